The van der Waals surface area contributed by atoms with E-state index in [2.05, 4.69) is 27.3 Å². The zero-order chi connectivity index (χ0) is 15.7. The molecule has 1 N–H and O–H groups in total. The van der Waals surface area contributed by atoms with Gasteiger partial charge in [0.25, 0.3) is 5.78 Å². The first-order valence-electron chi connectivity index (χ1n) is 7.78. The van der Waals surface area contributed by atoms with E-state index in [1.165, 1.54) is 0 Å². The van der Waals surface area contributed by atoms with Crippen LogP contribution in [0.5, 0.6) is 0 Å². The Morgan fingerprint density at radius 3 is 3.00 bits per heavy atom. The molecular weight excluding hydrogens is 280 g/mol. The monoisotopic (exact) mass is 302 g/mol. The van der Waals surface area contributed by atoms with Crippen molar-refractivity contribution in [1.82, 2.24) is 29.8 Å². The van der Waals surface area contributed by atoms with Crippen LogP contribution in [-0.4, -0.2) is 56.1 Å². The first-order valence-corrected chi connectivity index (χ1v) is 7.78. The van der Waals surface area contributed by atoms with E-state index < -0.39 is 0 Å². The van der Waals surface area contributed by atoms with Gasteiger partial charge >= 0.3 is 0 Å². The number of aryl methyl sites for hydroxylation is 2. The van der Waals surface area contributed by atoms with E-state index in [0.29, 0.717) is 17.6 Å². The van der Waals surface area contributed by atoms with Gasteiger partial charge in [-0.3, -0.25) is 4.79 Å². The second-order valence-electron chi connectivity index (χ2n) is 5.85. The highest BCUT2D eigenvalue weighted by Gasteiger charge is 2.23. The standard InChI is InChI=1S/C15H22N6O/c1-4-12-9-20(6-5-16-12)14(22)8-13-18-15-17-10(2)7-11(3)21(15)19-13/h7,12,16H,4-6,8-9H2,1-3H3. The van der Waals surface area contributed by atoms with Gasteiger partial charge in [0.05, 0.1) is 6.42 Å². The van der Waals surface area contributed by atoms with Crippen molar-refractivity contribution in [2.24, 2.45) is 0 Å². The molecule has 1 aliphatic heterocycles. The Morgan fingerprint density at radius 2 is 2.23 bits per heavy atom. The predicted octanol–water partition coefficient (Wildman–Crippen LogP) is 0.494. The van der Waals surface area contributed by atoms with Crippen molar-refractivity contribution in [2.75, 3.05) is 19.6 Å². The van der Waals surface area contributed by atoms with Gasteiger partial charge < -0.3 is 10.2 Å². The number of fused-ring (bicyclic) bond motifs is 1. The normalized spacial score (nSPS) is 18.9. The van der Waals surface area contributed by atoms with E-state index in [-0.39, 0.29) is 12.3 Å². The minimum atomic E-state index is 0.0882. The van der Waals surface area contributed by atoms with Crippen molar-refractivity contribution >= 4 is 11.7 Å². The van der Waals surface area contributed by atoms with Crippen LogP contribution < -0.4 is 5.32 Å². The average Bonchev–Trinajstić information content (AvgIpc) is 2.90. The molecule has 1 aliphatic rings. The summed E-state index contributed by atoms with van der Waals surface area (Å²) in [4.78, 5) is 23.1. The molecule has 118 valence electrons. The zero-order valence-corrected chi connectivity index (χ0v) is 13.3. The molecule has 7 heteroatoms. The topological polar surface area (TPSA) is 75.4 Å². The summed E-state index contributed by atoms with van der Waals surface area (Å²) in [5.41, 5.74) is 1.88. The fraction of sp³-hybridized carbons (Fsp3) is 0.600. The van der Waals surface area contributed by atoms with Crippen molar-refractivity contribution in [3.05, 3.63) is 23.3 Å². The number of piperazine rings is 1. The van der Waals surface area contributed by atoms with Gasteiger partial charge in [-0.15, -0.1) is 5.10 Å². The van der Waals surface area contributed by atoms with E-state index in [4.69, 9.17) is 0 Å². The van der Waals surface area contributed by atoms with Crippen LogP contribution in [0.25, 0.3) is 5.78 Å². The lowest BCUT2D eigenvalue weighted by Gasteiger charge is -2.33. The molecule has 22 heavy (non-hydrogen) atoms. The number of nitrogens with one attached hydrogen (secondary N) is 1. The van der Waals surface area contributed by atoms with Crippen LogP contribution in [0.3, 0.4) is 0 Å². The van der Waals surface area contributed by atoms with Gasteiger partial charge in [0, 0.05) is 37.1 Å². The van der Waals surface area contributed by atoms with Crippen LogP contribution in [0.2, 0.25) is 0 Å². The largest absolute Gasteiger partial charge is 0.339 e. The van der Waals surface area contributed by atoms with Crippen molar-refractivity contribution in [3.63, 3.8) is 0 Å². The second kappa shape index (κ2) is 6.00. The third kappa shape index (κ3) is 2.94. The maximum Gasteiger partial charge on any atom is 0.252 e. The number of amides is 1. The number of hydrogen-bond acceptors (Lipinski definition) is 5. The minimum Gasteiger partial charge on any atom is -0.339 e. The van der Waals surface area contributed by atoms with Crippen molar-refractivity contribution in [1.29, 1.82) is 0 Å². The highest BCUT2D eigenvalue weighted by molar-refractivity contribution is 5.78. The molecule has 1 saturated heterocycles. The molecule has 3 heterocycles. The number of nitrogens with zero attached hydrogens (tertiary/aromatic N) is 5. The summed E-state index contributed by atoms with van der Waals surface area (Å²) in [5, 5.41) is 7.82. The van der Waals surface area contributed by atoms with Crippen molar-refractivity contribution in [2.45, 2.75) is 39.7 Å². The van der Waals surface area contributed by atoms with Crippen LogP contribution in [0.4, 0.5) is 0 Å². The summed E-state index contributed by atoms with van der Waals surface area (Å²) in [6.07, 6.45) is 1.26. The van der Waals surface area contributed by atoms with Gasteiger partial charge in [-0.05, 0) is 26.3 Å². The molecule has 0 aliphatic carbocycles. The summed E-state index contributed by atoms with van der Waals surface area (Å²) >= 11 is 0. The SMILES string of the molecule is CCC1CN(C(=O)Cc2nc3nc(C)cc(C)n3n2)CCN1. The maximum atomic E-state index is 12.4. The molecule has 1 unspecified atom stereocenters. The van der Waals surface area contributed by atoms with Gasteiger partial charge in [0.15, 0.2) is 5.82 Å². The molecule has 2 aromatic rings. The number of hydrogen-bond donors (Lipinski definition) is 1. The first-order chi connectivity index (χ1) is 10.6. The molecule has 0 saturated carbocycles. The highest BCUT2D eigenvalue weighted by Crippen LogP contribution is 2.08. The summed E-state index contributed by atoms with van der Waals surface area (Å²) in [5.74, 6) is 1.19. The van der Waals surface area contributed by atoms with Crippen LogP contribution in [0, 0.1) is 13.8 Å². The van der Waals surface area contributed by atoms with Gasteiger partial charge in [-0.2, -0.15) is 4.98 Å². The van der Waals surface area contributed by atoms with E-state index in [9.17, 15) is 4.79 Å². The smallest absolute Gasteiger partial charge is 0.252 e. The fourth-order valence-corrected chi connectivity index (χ4v) is 2.86. The van der Waals surface area contributed by atoms with Crippen LogP contribution in [0.15, 0.2) is 6.07 Å². The van der Waals surface area contributed by atoms with Gasteiger partial charge in [-0.25, -0.2) is 9.50 Å². The molecule has 7 nitrogen and oxygen atoms in total. The number of rotatable bonds is 3. The first kappa shape index (κ1) is 14.9. The van der Waals surface area contributed by atoms with E-state index in [0.717, 1.165) is 37.4 Å². The lowest BCUT2D eigenvalue weighted by molar-refractivity contribution is -0.131. The molecule has 1 atom stereocenters. The number of carbonyl (C=O) groups is 1. The maximum absolute atomic E-state index is 12.4. The van der Waals surface area contributed by atoms with Crippen LogP contribution in [-0.2, 0) is 11.2 Å². The summed E-state index contributed by atoms with van der Waals surface area (Å²) in [6.45, 7) is 8.38. The van der Waals surface area contributed by atoms with E-state index in [1.807, 2.05) is 24.8 Å². The lowest BCUT2D eigenvalue weighted by atomic mass is 10.1. The minimum absolute atomic E-state index is 0.0882. The third-order valence-corrected chi connectivity index (χ3v) is 4.07. The molecular formula is C15H22N6O. The molecule has 0 spiro atoms. The van der Waals surface area contributed by atoms with Gasteiger partial charge in [0.2, 0.25) is 5.91 Å². The predicted molar refractivity (Wildman–Crippen MR) is 82.6 cm³/mol. The Morgan fingerprint density at radius 1 is 1.41 bits per heavy atom. The van der Waals surface area contributed by atoms with Crippen molar-refractivity contribution in [3.8, 4) is 0 Å². The zero-order valence-electron chi connectivity index (χ0n) is 13.3. The van der Waals surface area contributed by atoms with E-state index >= 15 is 0 Å². The van der Waals surface area contributed by atoms with Gasteiger partial charge in [0.1, 0.15) is 0 Å². The molecule has 1 amide bonds. The molecule has 0 bridgehead atoms. The van der Waals surface area contributed by atoms with Crippen LogP contribution >= 0.6 is 0 Å². The Bertz CT molecular complexity index is 695. The molecule has 0 aromatic carbocycles. The second-order valence-corrected chi connectivity index (χ2v) is 5.85. The van der Waals surface area contributed by atoms with Gasteiger partial charge in [-0.1, -0.05) is 6.92 Å². The average molecular weight is 302 g/mol. The highest BCUT2D eigenvalue weighted by atomic mass is 16.2. The summed E-state index contributed by atoms with van der Waals surface area (Å²) in [7, 11) is 0. The lowest BCUT2D eigenvalue weighted by Crippen LogP contribution is -2.52. The third-order valence-electron chi connectivity index (χ3n) is 4.07. The van der Waals surface area contributed by atoms with E-state index in [1.54, 1.807) is 4.52 Å². The van der Waals surface area contributed by atoms with Crippen LogP contribution in [0.1, 0.15) is 30.6 Å². The molecule has 2 aromatic heterocycles. The molecule has 0 radical (unpaired) electrons. The summed E-state index contributed by atoms with van der Waals surface area (Å²) < 4.78 is 1.70. The Hall–Kier alpha value is -2.02. The number of aromatic nitrogens is 4. The summed E-state index contributed by atoms with van der Waals surface area (Å²) in [6, 6.07) is 2.34. The van der Waals surface area contributed by atoms with Crippen molar-refractivity contribution < 1.29 is 4.79 Å². The molecule has 3 rings (SSSR count). The quantitative estimate of drug-likeness (QED) is 0.893. The Balaban J connectivity index is 1.75. The number of carbonyl (C=O) groups excluding carboxylic acids is 1. The Labute approximate surface area is 129 Å². The molecule has 1 fully saturated rings. The Kier molecular flexibility index (Phi) is 4.06. The fourth-order valence-electron chi connectivity index (χ4n) is 2.86.